The predicted octanol–water partition coefficient (Wildman–Crippen LogP) is 10.2. The number of carboxylic acids is 1. The van der Waals surface area contributed by atoms with Gasteiger partial charge in [0.1, 0.15) is 11.5 Å². The van der Waals surface area contributed by atoms with E-state index in [1.807, 2.05) is 36.4 Å². The summed E-state index contributed by atoms with van der Waals surface area (Å²) in [7, 11) is 0. The number of benzene rings is 5. The van der Waals surface area contributed by atoms with Crippen molar-refractivity contribution in [2.75, 3.05) is 13.2 Å². The molecule has 0 aliphatic rings. The van der Waals surface area contributed by atoms with Crippen LogP contribution in [0.15, 0.2) is 109 Å². The molecule has 0 aliphatic heterocycles. The lowest BCUT2D eigenvalue weighted by Gasteiger charge is -2.10. The van der Waals surface area contributed by atoms with Crippen LogP contribution < -0.4 is 9.47 Å². The highest BCUT2D eigenvalue weighted by atomic mass is 16.5. The maximum absolute atomic E-state index is 11.5. The van der Waals surface area contributed by atoms with E-state index >= 15 is 0 Å². The minimum absolute atomic E-state index is 0.267. The second-order valence-corrected chi connectivity index (χ2v) is 11.1. The van der Waals surface area contributed by atoms with Gasteiger partial charge in [0.25, 0.3) is 0 Å². The molecule has 0 bridgehead atoms. The molecular formula is C39H37NO4. The van der Waals surface area contributed by atoms with Gasteiger partial charge in [-0.2, -0.15) is 0 Å². The zero-order chi connectivity index (χ0) is 30.5. The van der Waals surface area contributed by atoms with Crippen LogP contribution in [0.3, 0.4) is 0 Å². The average Bonchev–Trinajstić information content (AvgIpc) is 3.38. The predicted molar refractivity (Wildman–Crippen MR) is 179 cm³/mol. The van der Waals surface area contributed by atoms with E-state index in [9.17, 15) is 9.90 Å². The fourth-order valence-corrected chi connectivity index (χ4v) is 5.57. The van der Waals surface area contributed by atoms with Gasteiger partial charge in [-0.1, -0.05) is 63.1 Å². The van der Waals surface area contributed by atoms with Crippen molar-refractivity contribution in [2.45, 2.75) is 39.5 Å². The minimum atomic E-state index is -0.934. The average molecular weight is 584 g/mol. The summed E-state index contributed by atoms with van der Waals surface area (Å²) in [6.07, 6.45) is 4.30. The van der Waals surface area contributed by atoms with E-state index in [0.717, 1.165) is 100 Å². The normalized spacial score (nSPS) is 11.2. The van der Waals surface area contributed by atoms with Crippen LogP contribution in [0.5, 0.6) is 11.5 Å². The number of aromatic carboxylic acids is 1. The third kappa shape index (κ3) is 6.04. The van der Waals surface area contributed by atoms with Crippen LogP contribution in [0.4, 0.5) is 0 Å². The Hall–Kier alpha value is -5.03. The van der Waals surface area contributed by atoms with Gasteiger partial charge < -0.3 is 19.1 Å². The molecule has 5 aromatic carbocycles. The number of fused-ring (bicyclic) bond motifs is 3. The molecule has 0 spiro atoms. The molecule has 44 heavy (non-hydrogen) atoms. The van der Waals surface area contributed by atoms with E-state index in [0.29, 0.717) is 0 Å². The van der Waals surface area contributed by atoms with Gasteiger partial charge in [-0.3, -0.25) is 0 Å². The van der Waals surface area contributed by atoms with Gasteiger partial charge in [-0.25, -0.2) is 4.79 Å². The van der Waals surface area contributed by atoms with Gasteiger partial charge >= 0.3 is 5.97 Å². The molecule has 222 valence electrons. The molecule has 0 radical (unpaired) electrons. The molecule has 6 aromatic rings. The molecule has 6 rings (SSSR count). The Morgan fingerprint density at radius 3 is 1.43 bits per heavy atom. The summed E-state index contributed by atoms with van der Waals surface area (Å²) in [5, 5.41) is 11.7. The Labute approximate surface area is 258 Å². The van der Waals surface area contributed by atoms with E-state index < -0.39 is 5.97 Å². The summed E-state index contributed by atoms with van der Waals surface area (Å²) >= 11 is 0. The molecule has 5 nitrogen and oxygen atoms in total. The lowest BCUT2D eigenvalue weighted by atomic mass is 10.00. The van der Waals surface area contributed by atoms with Crippen molar-refractivity contribution in [1.82, 2.24) is 4.57 Å². The first kappa shape index (κ1) is 29.1. The van der Waals surface area contributed by atoms with Crippen LogP contribution in [-0.4, -0.2) is 28.9 Å². The highest BCUT2D eigenvalue weighted by molar-refractivity contribution is 6.11. The molecule has 1 heterocycles. The van der Waals surface area contributed by atoms with Crippen molar-refractivity contribution in [3.63, 3.8) is 0 Å². The first-order valence-electron chi connectivity index (χ1n) is 15.4. The van der Waals surface area contributed by atoms with Gasteiger partial charge in [0.2, 0.25) is 0 Å². The van der Waals surface area contributed by atoms with Crippen LogP contribution in [-0.2, 0) is 0 Å². The third-order valence-corrected chi connectivity index (χ3v) is 8.05. The number of hydrogen-bond acceptors (Lipinski definition) is 3. The van der Waals surface area contributed by atoms with Crippen molar-refractivity contribution in [3.05, 3.63) is 115 Å². The first-order chi connectivity index (χ1) is 21.6. The van der Waals surface area contributed by atoms with Crippen LogP contribution in [0, 0.1) is 0 Å². The summed E-state index contributed by atoms with van der Waals surface area (Å²) in [4.78, 5) is 11.5. The van der Waals surface area contributed by atoms with Crippen molar-refractivity contribution in [1.29, 1.82) is 0 Å². The van der Waals surface area contributed by atoms with Crippen LogP contribution in [0.25, 0.3) is 49.7 Å². The van der Waals surface area contributed by atoms with Crippen molar-refractivity contribution >= 4 is 27.8 Å². The van der Waals surface area contributed by atoms with E-state index in [4.69, 9.17) is 9.47 Å². The number of carbonyl (C=O) groups is 1. The first-order valence-corrected chi connectivity index (χ1v) is 15.4. The van der Waals surface area contributed by atoms with Crippen molar-refractivity contribution in [3.8, 4) is 39.4 Å². The molecule has 0 saturated carbocycles. The van der Waals surface area contributed by atoms with Crippen LogP contribution >= 0.6 is 0 Å². The quantitative estimate of drug-likeness (QED) is 0.146. The van der Waals surface area contributed by atoms with Crippen molar-refractivity contribution < 1.29 is 19.4 Å². The largest absolute Gasteiger partial charge is 0.494 e. The van der Waals surface area contributed by atoms with Gasteiger partial charge in [-0.15, -0.1) is 0 Å². The summed E-state index contributed by atoms with van der Waals surface area (Å²) < 4.78 is 14.0. The lowest BCUT2D eigenvalue weighted by Crippen LogP contribution is -1.98. The standard InChI is InChI=1S/C39H37NO4/c1-3-5-23-43-33-17-9-27(10-18-33)30-13-21-37-35(25-30)36-26-31(28-11-19-34(20-12-28)44-24-6-4-2)14-22-38(36)40(37)32-15-7-29(8-16-32)39(41)42/h7-22,25-26H,3-6,23-24H2,1-2H3,(H,41,42). The molecule has 0 fully saturated rings. The molecule has 0 aliphatic carbocycles. The Morgan fingerprint density at radius 2 is 1.02 bits per heavy atom. The van der Waals surface area contributed by atoms with Crippen LogP contribution in [0.1, 0.15) is 49.9 Å². The molecule has 0 saturated heterocycles. The molecular weight excluding hydrogens is 546 g/mol. The fourth-order valence-electron chi connectivity index (χ4n) is 5.57. The molecule has 0 atom stereocenters. The monoisotopic (exact) mass is 583 g/mol. The maximum Gasteiger partial charge on any atom is 0.335 e. The number of carboxylic acid groups (broad SMARTS) is 1. The highest BCUT2D eigenvalue weighted by Crippen LogP contribution is 2.37. The number of rotatable bonds is 12. The van der Waals surface area contributed by atoms with Gasteiger partial charge in [0.15, 0.2) is 0 Å². The number of ether oxygens (including phenoxy) is 2. The number of hydrogen-bond donors (Lipinski definition) is 1. The second kappa shape index (κ2) is 13.1. The van der Waals surface area contributed by atoms with Crippen molar-refractivity contribution in [2.24, 2.45) is 0 Å². The summed E-state index contributed by atoms with van der Waals surface area (Å²) in [6, 6.07) is 36.8. The van der Waals surface area contributed by atoms with Crippen LogP contribution in [0.2, 0.25) is 0 Å². The topological polar surface area (TPSA) is 60.7 Å². The maximum atomic E-state index is 11.5. The number of nitrogens with zero attached hydrogens (tertiary/aromatic N) is 1. The summed E-state index contributed by atoms with van der Waals surface area (Å²) in [6.45, 7) is 5.78. The highest BCUT2D eigenvalue weighted by Gasteiger charge is 2.15. The molecule has 1 aromatic heterocycles. The van der Waals surface area contributed by atoms with E-state index in [1.165, 1.54) is 0 Å². The zero-order valence-electron chi connectivity index (χ0n) is 25.3. The van der Waals surface area contributed by atoms with Gasteiger partial charge in [0, 0.05) is 16.5 Å². The zero-order valence-corrected chi connectivity index (χ0v) is 25.3. The minimum Gasteiger partial charge on any atom is -0.494 e. The summed E-state index contributed by atoms with van der Waals surface area (Å²) in [5.74, 6) is 0.837. The molecule has 1 N–H and O–H groups in total. The molecule has 0 amide bonds. The fraction of sp³-hybridized carbons (Fsp3) is 0.205. The molecule has 5 heteroatoms. The van der Waals surface area contributed by atoms with E-state index in [-0.39, 0.29) is 5.56 Å². The lowest BCUT2D eigenvalue weighted by molar-refractivity contribution is 0.0697. The number of aromatic nitrogens is 1. The summed E-state index contributed by atoms with van der Waals surface area (Å²) in [5.41, 5.74) is 7.79. The van der Waals surface area contributed by atoms with E-state index in [2.05, 4.69) is 79.1 Å². The smallest absolute Gasteiger partial charge is 0.335 e. The number of unbranched alkanes of at least 4 members (excludes halogenated alkanes) is 2. The molecule has 0 unspecified atom stereocenters. The SMILES string of the molecule is CCCCOc1ccc(-c2ccc3c(c2)c2cc(-c4ccc(OCCCC)cc4)ccc2n3-c2ccc(C(=O)O)cc2)cc1. The third-order valence-electron chi connectivity index (χ3n) is 8.05. The second-order valence-electron chi connectivity index (χ2n) is 11.1. The van der Waals surface area contributed by atoms with E-state index in [1.54, 1.807) is 12.1 Å². The Balaban J connectivity index is 1.43. The Bertz CT molecular complexity index is 1770. The van der Waals surface area contributed by atoms with Gasteiger partial charge in [-0.05, 0) is 108 Å². The Morgan fingerprint density at radius 1 is 0.591 bits per heavy atom. The van der Waals surface area contributed by atoms with Gasteiger partial charge in [0.05, 0.1) is 29.8 Å². The Kier molecular flexibility index (Phi) is 8.64.